The van der Waals surface area contributed by atoms with Crippen LogP contribution in [0.15, 0.2) is 17.5 Å². The summed E-state index contributed by atoms with van der Waals surface area (Å²) in [6.07, 6.45) is 0. The van der Waals surface area contributed by atoms with Gasteiger partial charge in [-0.3, -0.25) is 0 Å². The predicted molar refractivity (Wildman–Crippen MR) is 52.9 cm³/mol. The van der Waals surface area contributed by atoms with E-state index in [0.717, 1.165) is 4.70 Å². The number of fused-ring (bicyclic) bond motifs is 1. The number of benzene rings is 1. The molecule has 0 fully saturated rings. The molecule has 1 heterocycles. The number of aromatic hydroxyl groups is 1. The van der Waals surface area contributed by atoms with Crippen LogP contribution in [0, 0.1) is 22.7 Å². The van der Waals surface area contributed by atoms with E-state index >= 15 is 0 Å². The Balaban J connectivity index is 2.88. The molecule has 0 bridgehead atoms. The molecule has 0 unspecified atom stereocenters. The molecule has 0 saturated carbocycles. The van der Waals surface area contributed by atoms with Crippen molar-refractivity contribution in [1.82, 2.24) is 0 Å². The minimum Gasteiger partial charge on any atom is -0.506 e. The van der Waals surface area contributed by atoms with E-state index in [0.29, 0.717) is 16.5 Å². The van der Waals surface area contributed by atoms with E-state index < -0.39 is 0 Å². The van der Waals surface area contributed by atoms with Gasteiger partial charge in [-0.2, -0.15) is 10.5 Å². The fourth-order valence-electron chi connectivity index (χ4n) is 1.25. The van der Waals surface area contributed by atoms with E-state index in [1.54, 1.807) is 17.5 Å². The lowest BCUT2D eigenvalue weighted by atomic mass is 10.1. The summed E-state index contributed by atoms with van der Waals surface area (Å²) in [5.41, 5.74) is 0.649. The summed E-state index contributed by atoms with van der Waals surface area (Å²) in [7, 11) is 0. The minimum absolute atomic E-state index is 0.158. The van der Waals surface area contributed by atoms with Crippen molar-refractivity contribution in [3.05, 3.63) is 28.6 Å². The van der Waals surface area contributed by atoms with Crippen LogP contribution in [-0.2, 0) is 0 Å². The van der Waals surface area contributed by atoms with Gasteiger partial charge in [0.1, 0.15) is 17.9 Å². The first kappa shape index (κ1) is 8.55. The van der Waals surface area contributed by atoms with Crippen molar-refractivity contribution in [1.29, 1.82) is 10.5 Å². The highest BCUT2D eigenvalue weighted by molar-refractivity contribution is 7.17. The Morgan fingerprint density at radius 2 is 1.79 bits per heavy atom. The second-order valence-corrected chi connectivity index (χ2v) is 3.65. The quantitative estimate of drug-likeness (QED) is 0.709. The van der Waals surface area contributed by atoms with Crippen LogP contribution in [0.2, 0.25) is 0 Å². The number of hydrogen-bond donors (Lipinski definition) is 1. The zero-order valence-corrected chi connectivity index (χ0v) is 7.80. The number of thiophene rings is 1. The van der Waals surface area contributed by atoms with E-state index in [1.807, 2.05) is 12.1 Å². The smallest absolute Gasteiger partial charge is 0.134 e. The van der Waals surface area contributed by atoms with E-state index in [9.17, 15) is 5.11 Å². The highest BCUT2D eigenvalue weighted by atomic mass is 32.1. The molecule has 0 spiro atoms. The summed E-state index contributed by atoms with van der Waals surface area (Å²) in [4.78, 5) is 0. The van der Waals surface area contributed by atoms with Gasteiger partial charge in [0.05, 0.1) is 11.1 Å². The van der Waals surface area contributed by atoms with Crippen molar-refractivity contribution >= 4 is 21.4 Å². The van der Waals surface area contributed by atoms with Gasteiger partial charge in [0.2, 0.25) is 0 Å². The first-order valence-electron chi connectivity index (χ1n) is 3.80. The molecule has 1 N–H and O–H groups in total. The topological polar surface area (TPSA) is 67.8 Å². The van der Waals surface area contributed by atoms with Crippen molar-refractivity contribution in [2.24, 2.45) is 0 Å². The predicted octanol–water partition coefficient (Wildman–Crippen LogP) is 2.35. The molecule has 4 heteroatoms. The summed E-state index contributed by atoms with van der Waals surface area (Å²) in [5, 5.41) is 29.1. The first-order chi connectivity index (χ1) is 6.76. The van der Waals surface area contributed by atoms with Crippen LogP contribution in [0.25, 0.3) is 10.1 Å². The van der Waals surface area contributed by atoms with Gasteiger partial charge in [-0.25, -0.2) is 0 Å². The van der Waals surface area contributed by atoms with Gasteiger partial charge in [-0.05, 0) is 12.1 Å². The van der Waals surface area contributed by atoms with Crippen molar-refractivity contribution in [3.8, 4) is 17.9 Å². The largest absolute Gasteiger partial charge is 0.506 e. The Morgan fingerprint density at radius 1 is 1.14 bits per heavy atom. The standard InChI is InChI=1S/C10H4N2OS/c11-3-6-1-8-9(13)5-14-10(8)2-7(6)4-12/h1-2,5,13H. The molecule has 1 aromatic carbocycles. The Hall–Kier alpha value is -2.04. The molecule has 0 radical (unpaired) electrons. The second-order valence-electron chi connectivity index (χ2n) is 2.74. The van der Waals surface area contributed by atoms with Crippen molar-refractivity contribution < 1.29 is 5.11 Å². The summed E-state index contributed by atoms with van der Waals surface area (Å²) in [6.45, 7) is 0. The lowest BCUT2D eigenvalue weighted by molar-refractivity contribution is 0.483. The van der Waals surface area contributed by atoms with E-state index in [1.165, 1.54) is 11.3 Å². The van der Waals surface area contributed by atoms with Gasteiger partial charge in [0, 0.05) is 15.5 Å². The average Bonchev–Trinajstić information content (AvgIpc) is 2.58. The van der Waals surface area contributed by atoms with Gasteiger partial charge in [0.15, 0.2) is 0 Å². The molecule has 14 heavy (non-hydrogen) atoms. The molecule has 0 saturated heterocycles. The van der Waals surface area contributed by atoms with Crippen molar-refractivity contribution in [2.45, 2.75) is 0 Å². The zero-order valence-electron chi connectivity index (χ0n) is 6.98. The molecule has 2 aromatic rings. The lowest BCUT2D eigenvalue weighted by Crippen LogP contribution is -1.81. The third-order valence-electron chi connectivity index (χ3n) is 1.93. The van der Waals surface area contributed by atoms with Crippen LogP contribution in [0.3, 0.4) is 0 Å². The normalized spacial score (nSPS) is 9.57. The molecule has 3 nitrogen and oxygen atoms in total. The molecule has 0 aliphatic heterocycles. The zero-order chi connectivity index (χ0) is 10.1. The molecule has 0 aliphatic rings. The van der Waals surface area contributed by atoms with E-state index in [2.05, 4.69) is 0 Å². The lowest BCUT2D eigenvalue weighted by Gasteiger charge is -1.95. The van der Waals surface area contributed by atoms with Crippen LogP contribution >= 0.6 is 11.3 Å². The maximum Gasteiger partial charge on any atom is 0.134 e. The average molecular weight is 200 g/mol. The van der Waals surface area contributed by atoms with Gasteiger partial charge in [0.25, 0.3) is 0 Å². The first-order valence-corrected chi connectivity index (χ1v) is 4.68. The maximum atomic E-state index is 9.41. The summed E-state index contributed by atoms with van der Waals surface area (Å²) < 4.78 is 0.818. The minimum atomic E-state index is 0.158. The fraction of sp³-hybridized carbons (Fsp3) is 0. The molecule has 0 aliphatic carbocycles. The molecular formula is C10H4N2OS. The Morgan fingerprint density at radius 3 is 2.43 bits per heavy atom. The van der Waals surface area contributed by atoms with Gasteiger partial charge >= 0.3 is 0 Å². The maximum absolute atomic E-state index is 9.41. The van der Waals surface area contributed by atoms with E-state index in [4.69, 9.17) is 10.5 Å². The van der Waals surface area contributed by atoms with Gasteiger partial charge in [-0.15, -0.1) is 11.3 Å². The number of nitriles is 2. The number of hydrogen-bond acceptors (Lipinski definition) is 4. The molecule has 2 rings (SSSR count). The molecule has 66 valence electrons. The number of rotatable bonds is 0. The van der Waals surface area contributed by atoms with Crippen LogP contribution in [0.1, 0.15) is 11.1 Å². The SMILES string of the molecule is N#Cc1cc2scc(O)c2cc1C#N. The van der Waals surface area contributed by atoms with Crippen LogP contribution in [-0.4, -0.2) is 5.11 Å². The molecular weight excluding hydrogens is 196 g/mol. The third kappa shape index (κ3) is 1.10. The van der Waals surface area contributed by atoms with Gasteiger partial charge in [-0.1, -0.05) is 0 Å². The van der Waals surface area contributed by atoms with Crippen LogP contribution in [0.4, 0.5) is 0 Å². The Kier molecular flexibility index (Phi) is 1.85. The van der Waals surface area contributed by atoms with Gasteiger partial charge < -0.3 is 5.11 Å². The van der Waals surface area contributed by atoms with Crippen molar-refractivity contribution in [2.75, 3.05) is 0 Å². The summed E-state index contributed by atoms with van der Waals surface area (Å²) in [6, 6.07) is 7.04. The summed E-state index contributed by atoms with van der Waals surface area (Å²) >= 11 is 1.35. The van der Waals surface area contributed by atoms with Crippen LogP contribution < -0.4 is 0 Å². The molecule has 0 atom stereocenters. The third-order valence-corrected chi connectivity index (χ3v) is 2.87. The Labute approximate surface area is 84.1 Å². The Bertz CT molecular complexity index is 586. The summed E-state index contributed by atoms with van der Waals surface area (Å²) in [5.74, 6) is 0.158. The highest BCUT2D eigenvalue weighted by Gasteiger charge is 2.08. The van der Waals surface area contributed by atoms with Crippen LogP contribution in [0.5, 0.6) is 5.75 Å². The molecule has 0 amide bonds. The monoisotopic (exact) mass is 200 g/mol. The number of nitrogens with zero attached hydrogens (tertiary/aromatic N) is 2. The fourth-order valence-corrected chi connectivity index (χ4v) is 2.09. The van der Waals surface area contributed by atoms with E-state index in [-0.39, 0.29) is 5.75 Å². The highest BCUT2D eigenvalue weighted by Crippen LogP contribution is 2.32. The molecule has 1 aromatic heterocycles. The van der Waals surface area contributed by atoms with Crippen molar-refractivity contribution in [3.63, 3.8) is 0 Å². The second kappa shape index (κ2) is 3.02.